The molecule has 2 aromatic rings. The van der Waals surface area contributed by atoms with E-state index in [1.165, 1.54) is 11.9 Å². The van der Waals surface area contributed by atoms with E-state index in [0.29, 0.717) is 17.9 Å². The van der Waals surface area contributed by atoms with E-state index in [-0.39, 0.29) is 11.9 Å². The Kier molecular flexibility index (Phi) is 5.08. The summed E-state index contributed by atoms with van der Waals surface area (Å²) in [5.74, 6) is 1.25. The summed E-state index contributed by atoms with van der Waals surface area (Å²) in [6.07, 6.45) is 0.595. The predicted octanol–water partition coefficient (Wildman–Crippen LogP) is 4.16. The van der Waals surface area contributed by atoms with Crippen LogP contribution in [0.1, 0.15) is 30.5 Å². The minimum Gasteiger partial charge on any atom is -0.496 e. The maximum atomic E-state index is 12.2. The first kappa shape index (κ1) is 17.5. The molecular weight excluding hydrogens is 384 g/mol. The second-order valence-electron chi connectivity index (χ2n) is 5.71. The first-order chi connectivity index (χ1) is 12.0. The molecule has 1 aliphatic rings. The number of amides is 1. The smallest absolute Gasteiger partial charge is 0.240 e. The summed E-state index contributed by atoms with van der Waals surface area (Å²) in [5, 5.41) is 6.08. The van der Waals surface area contributed by atoms with Gasteiger partial charge in [0.1, 0.15) is 11.5 Å². The third kappa shape index (κ3) is 3.39. The van der Waals surface area contributed by atoms with Crippen LogP contribution >= 0.6 is 15.9 Å². The SMILES string of the molecule is COc1cccc(OC)c1C1CC(c2ccc(Br)cc2)=NN1C(C)=O. The molecule has 0 aliphatic carbocycles. The van der Waals surface area contributed by atoms with Crippen molar-refractivity contribution in [3.05, 3.63) is 58.1 Å². The van der Waals surface area contributed by atoms with Crippen molar-refractivity contribution in [1.82, 2.24) is 5.01 Å². The molecule has 1 heterocycles. The number of methoxy groups -OCH3 is 2. The lowest BCUT2D eigenvalue weighted by molar-refractivity contribution is -0.130. The molecule has 0 aromatic heterocycles. The average molecular weight is 403 g/mol. The molecule has 1 atom stereocenters. The zero-order valence-electron chi connectivity index (χ0n) is 14.3. The Hall–Kier alpha value is -2.34. The third-order valence-corrected chi connectivity index (χ3v) is 4.74. The Morgan fingerprint density at radius 1 is 1.12 bits per heavy atom. The minimum absolute atomic E-state index is 0.120. The number of hydrogen-bond acceptors (Lipinski definition) is 4. The number of nitrogens with zero attached hydrogens (tertiary/aromatic N) is 2. The van der Waals surface area contributed by atoms with Crippen LogP contribution in [0.4, 0.5) is 0 Å². The summed E-state index contributed by atoms with van der Waals surface area (Å²) in [7, 11) is 3.23. The highest BCUT2D eigenvalue weighted by Gasteiger charge is 2.35. The number of benzene rings is 2. The highest BCUT2D eigenvalue weighted by atomic mass is 79.9. The number of carbonyl (C=O) groups is 1. The van der Waals surface area contributed by atoms with E-state index in [2.05, 4.69) is 21.0 Å². The van der Waals surface area contributed by atoms with Crippen molar-refractivity contribution in [3.8, 4) is 11.5 Å². The summed E-state index contributed by atoms with van der Waals surface area (Å²) in [6.45, 7) is 1.52. The Labute approximate surface area is 155 Å². The highest BCUT2D eigenvalue weighted by molar-refractivity contribution is 9.10. The van der Waals surface area contributed by atoms with Crippen molar-refractivity contribution in [2.45, 2.75) is 19.4 Å². The van der Waals surface area contributed by atoms with E-state index < -0.39 is 0 Å². The molecule has 1 amide bonds. The van der Waals surface area contributed by atoms with E-state index >= 15 is 0 Å². The van der Waals surface area contributed by atoms with Crippen molar-refractivity contribution in [2.75, 3.05) is 14.2 Å². The van der Waals surface area contributed by atoms with Crippen LogP contribution in [0, 0.1) is 0 Å². The van der Waals surface area contributed by atoms with Crippen LogP contribution in [-0.4, -0.2) is 30.8 Å². The van der Waals surface area contributed by atoms with E-state index in [9.17, 15) is 4.79 Å². The molecule has 25 heavy (non-hydrogen) atoms. The summed E-state index contributed by atoms with van der Waals surface area (Å²) in [5.41, 5.74) is 2.69. The maximum Gasteiger partial charge on any atom is 0.240 e. The van der Waals surface area contributed by atoms with Crippen LogP contribution in [-0.2, 0) is 4.79 Å². The van der Waals surface area contributed by atoms with Crippen LogP contribution in [0.15, 0.2) is 52.0 Å². The normalized spacial score (nSPS) is 16.6. The van der Waals surface area contributed by atoms with Gasteiger partial charge in [-0.15, -0.1) is 0 Å². The summed E-state index contributed by atoms with van der Waals surface area (Å²) in [6, 6.07) is 13.3. The van der Waals surface area contributed by atoms with Crippen LogP contribution in [0.3, 0.4) is 0 Å². The van der Waals surface area contributed by atoms with E-state index in [0.717, 1.165) is 21.3 Å². The van der Waals surface area contributed by atoms with Gasteiger partial charge in [-0.2, -0.15) is 5.10 Å². The number of rotatable bonds is 4. The third-order valence-electron chi connectivity index (χ3n) is 4.21. The quantitative estimate of drug-likeness (QED) is 0.770. The van der Waals surface area contributed by atoms with Gasteiger partial charge in [0.05, 0.1) is 31.5 Å². The largest absolute Gasteiger partial charge is 0.496 e. The van der Waals surface area contributed by atoms with Crippen molar-refractivity contribution in [1.29, 1.82) is 0 Å². The fraction of sp³-hybridized carbons (Fsp3) is 0.263. The number of ether oxygens (including phenoxy) is 2. The predicted molar refractivity (Wildman–Crippen MR) is 100 cm³/mol. The standard InChI is InChI=1S/C19H19BrN2O3/c1-12(23)22-16(19-17(24-2)5-4-6-18(19)25-3)11-15(21-22)13-7-9-14(20)10-8-13/h4-10,16H,11H2,1-3H3. The highest BCUT2D eigenvalue weighted by Crippen LogP contribution is 2.42. The van der Waals surface area contributed by atoms with Gasteiger partial charge in [0.15, 0.2) is 0 Å². The summed E-state index contributed by atoms with van der Waals surface area (Å²) >= 11 is 3.44. The number of carbonyl (C=O) groups excluding carboxylic acids is 1. The van der Waals surface area contributed by atoms with Gasteiger partial charge < -0.3 is 9.47 Å². The lowest BCUT2D eigenvalue weighted by Gasteiger charge is -2.24. The molecular formula is C19H19BrN2O3. The number of halogens is 1. The Bertz CT molecular complexity index is 796. The van der Waals surface area contributed by atoms with Gasteiger partial charge in [-0.3, -0.25) is 4.79 Å². The number of hydrazone groups is 1. The van der Waals surface area contributed by atoms with Crippen molar-refractivity contribution in [2.24, 2.45) is 5.10 Å². The minimum atomic E-state index is -0.262. The van der Waals surface area contributed by atoms with E-state index in [4.69, 9.17) is 9.47 Å². The summed E-state index contributed by atoms with van der Waals surface area (Å²) < 4.78 is 12.0. The first-order valence-corrected chi connectivity index (χ1v) is 8.68. The van der Waals surface area contributed by atoms with Gasteiger partial charge in [0.2, 0.25) is 5.91 Å². The van der Waals surface area contributed by atoms with Crippen LogP contribution in [0.5, 0.6) is 11.5 Å². The molecule has 0 fully saturated rings. The molecule has 2 aromatic carbocycles. The zero-order chi connectivity index (χ0) is 18.0. The molecule has 0 saturated carbocycles. The second-order valence-corrected chi connectivity index (χ2v) is 6.63. The molecule has 1 aliphatic heterocycles. The monoisotopic (exact) mass is 402 g/mol. The van der Waals surface area contributed by atoms with Gasteiger partial charge in [-0.25, -0.2) is 5.01 Å². The van der Waals surface area contributed by atoms with E-state index in [1.807, 2.05) is 42.5 Å². The average Bonchev–Trinajstić information content (AvgIpc) is 3.06. The molecule has 0 saturated heterocycles. The van der Waals surface area contributed by atoms with E-state index in [1.54, 1.807) is 14.2 Å². The van der Waals surface area contributed by atoms with Crippen LogP contribution in [0.2, 0.25) is 0 Å². The van der Waals surface area contributed by atoms with Gasteiger partial charge >= 0.3 is 0 Å². The van der Waals surface area contributed by atoms with Gasteiger partial charge in [-0.1, -0.05) is 34.1 Å². The van der Waals surface area contributed by atoms with Crippen LogP contribution in [0.25, 0.3) is 0 Å². The molecule has 1 unspecified atom stereocenters. The summed E-state index contributed by atoms with van der Waals surface area (Å²) in [4.78, 5) is 12.2. The maximum absolute atomic E-state index is 12.2. The van der Waals surface area contributed by atoms with Crippen LogP contribution < -0.4 is 9.47 Å². The topological polar surface area (TPSA) is 51.1 Å². The van der Waals surface area contributed by atoms with Gasteiger partial charge in [0.25, 0.3) is 0 Å². The molecule has 130 valence electrons. The Morgan fingerprint density at radius 3 is 2.24 bits per heavy atom. The molecule has 6 heteroatoms. The van der Waals surface area contributed by atoms with Gasteiger partial charge in [0, 0.05) is 17.8 Å². The molecule has 3 rings (SSSR count). The lowest BCUT2D eigenvalue weighted by Crippen LogP contribution is -2.25. The Balaban J connectivity index is 2.04. The molecule has 0 N–H and O–H groups in total. The Morgan fingerprint density at radius 2 is 1.72 bits per heavy atom. The van der Waals surface area contributed by atoms with Crippen molar-refractivity contribution >= 4 is 27.5 Å². The lowest BCUT2D eigenvalue weighted by atomic mass is 9.97. The molecule has 0 bridgehead atoms. The van der Waals surface area contributed by atoms with Gasteiger partial charge in [-0.05, 0) is 29.8 Å². The van der Waals surface area contributed by atoms with Crippen molar-refractivity contribution in [3.63, 3.8) is 0 Å². The number of hydrogen-bond donors (Lipinski definition) is 0. The van der Waals surface area contributed by atoms with Crippen molar-refractivity contribution < 1.29 is 14.3 Å². The zero-order valence-corrected chi connectivity index (χ0v) is 15.9. The second kappa shape index (κ2) is 7.27. The molecule has 0 spiro atoms. The fourth-order valence-electron chi connectivity index (χ4n) is 3.05. The fourth-order valence-corrected chi connectivity index (χ4v) is 3.31. The first-order valence-electron chi connectivity index (χ1n) is 7.89. The molecule has 0 radical (unpaired) electrons. The molecule has 5 nitrogen and oxygen atoms in total.